The van der Waals surface area contributed by atoms with Gasteiger partial charge in [0.15, 0.2) is 11.5 Å². The van der Waals surface area contributed by atoms with Gasteiger partial charge in [0.25, 0.3) is 5.91 Å². The van der Waals surface area contributed by atoms with Crippen LogP contribution in [0.15, 0.2) is 12.1 Å². The zero-order valence-electron chi connectivity index (χ0n) is 11.7. The number of amides is 1. The quantitative estimate of drug-likeness (QED) is 0.872. The van der Waals surface area contributed by atoms with Crippen molar-refractivity contribution in [1.29, 1.82) is 0 Å². The fraction of sp³-hybridized carbons (Fsp3) is 0.500. The van der Waals surface area contributed by atoms with E-state index in [1.54, 1.807) is 12.1 Å². The van der Waals surface area contributed by atoms with Gasteiger partial charge in [-0.05, 0) is 25.0 Å². The Kier molecular flexibility index (Phi) is 5.96. The second kappa shape index (κ2) is 7.24. The van der Waals surface area contributed by atoms with Crippen LogP contribution in [0.5, 0.6) is 11.5 Å². The first-order valence-electron chi connectivity index (χ1n) is 6.29. The lowest BCUT2D eigenvalue weighted by Gasteiger charge is -2.16. The molecule has 0 aromatic heterocycles. The van der Waals surface area contributed by atoms with Crippen LogP contribution in [-0.2, 0) is 0 Å². The lowest BCUT2D eigenvalue weighted by molar-refractivity contribution is 0.0934. The maximum atomic E-state index is 12.1. The average Bonchev–Trinajstić information content (AvgIpc) is 2.43. The Bertz CT molecular complexity index is 445. The first kappa shape index (κ1) is 15.6. The molecule has 0 aliphatic heterocycles. The van der Waals surface area contributed by atoms with Crippen molar-refractivity contribution in [3.8, 4) is 11.5 Å². The van der Waals surface area contributed by atoms with Crippen molar-refractivity contribution in [2.45, 2.75) is 32.7 Å². The lowest BCUT2D eigenvalue weighted by atomic mass is 10.1. The third kappa shape index (κ3) is 3.77. The summed E-state index contributed by atoms with van der Waals surface area (Å²) in [6, 6.07) is 3.38. The van der Waals surface area contributed by atoms with Crippen LogP contribution in [0.1, 0.15) is 37.0 Å². The smallest absolute Gasteiger partial charge is 0.251 e. The standard InChI is InChI=1S/C14H20ClNO3/c1-5-10(6-2)16-14(17)9-7-11(15)13(19-4)12(8-9)18-3/h7-8,10H,5-6H2,1-4H3,(H,16,17). The Morgan fingerprint density at radius 2 is 1.89 bits per heavy atom. The highest BCUT2D eigenvalue weighted by Gasteiger charge is 2.16. The molecule has 0 saturated carbocycles. The van der Waals surface area contributed by atoms with E-state index in [9.17, 15) is 4.79 Å². The van der Waals surface area contributed by atoms with Crippen molar-refractivity contribution >= 4 is 17.5 Å². The molecule has 106 valence electrons. The summed E-state index contributed by atoms with van der Waals surface area (Å²) in [5.74, 6) is 0.726. The number of halogens is 1. The van der Waals surface area contributed by atoms with Crippen molar-refractivity contribution in [3.05, 3.63) is 22.7 Å². The number of carbonyl (C=O) groups excluding carboxylic acids is 1. The Hall–Kier alpha value is -1.42. The summed E-state index contributed by atoms with van der Waals surface area (Å²) >= 11 is 6.08. The molecule has 5 heteroatoms. The summed E-state index contributed by atoms with van der Waals surface area (Å²) in [5, 5.41) is 3.31. The van der Waals surface area contributed by atoms with E-state index < -0.39 is 0 Å². The minimum absolute atomic E-state index is 0.156. The molecule has 1 amide bonds. The molecule has 0 unspecified atom stereocenters. The summed E-state index contributed by atoms with van der Waals surface area (Å²) in [6.07, 6.45) is 1.78. The van der Waals surface area contributed by atoms with E-state index >= 15 is 0 Å². The maximum Gasteiger partial charge on any atom is 0.251 e. The summed E-state index contributed by atoms with van der Waals surface area (Å²) < 4.78 is 10.3. The topological polar surface area (TPSA) is 47.6 Å². The normalized spacial score (nSPS) is 10.4. The largest absolute Gasteiger partial charge is 0.493 e. The van der Waals surface area contributed by atoms with Gasteiger partial charge in [-0.1, -0.05) is 25.4 Å². The number of rotatable bonds is 6. The first-order chi connectivity index (χ1) is 9.07. The molecule has 1 N–H and O–H groups in total. The molecular weight excluding hydrogens is 266 g/mol. The van der Waals surface area contributed by atoms with Gasteiger partial charge in [0.1, 0.15) is 0 Å². The molecule has 0 saturated heterocycles. The van der Waals surface area contributed by atoms with E-state index in [2.05, 4.69) is 5.32 Å². The molecule has 0 radical (unpaired) electrons. The fourth-order valence-corrected chi connectivity index (χ4v) is 2.10. The number of ether oxygens (including phenoxy) is 2. The zero-order valence-corrected chi connectivity index (χ0v) is 12.5. The number of hydrogen-bond acceptors (Lipinski definition) is 3. The third-order valence-electron chi connectivity index (χ3n) is 3.02. The molecule has 0 aliphatic carbocycles. The van der Waals surface area contributed by atoms with Crippen LogP contribution in [0.4, 0.5) is 0 Å². The first-order valence-corrected chi connectivity index (χ1v) is 6.67. The van der Waals surface area contributed by atoms with Crippen LogP contribution in [0.2, 0.25) is 5.02 Å². The van der Waals surface area contributed by atoms with Gasteiger partial charge in [-0.25, -0.2) is 0 Å². The molecule has 4 nitrogen and oxygen atoms in total. The fourth-order valence-electron chi connectivity index (χ4n) is 1.81. The van der Waals surface area contributed by atoms with E-state index in [1.807, 2.05) is 13.8 Å². The highest BCUT2D eigenvalue weighted by molar-refractivity contribution is 6.32. The molecule has 0 aliphatic rings. The highest BCUT2D eigenvalue weighted by atomic mass is 35.5. The lowest BCUT2D eigenvalue weighted by Crippen LogP contribution is -2.33. The van der Waals surface area contributed by atoms with Gasteiger partial charge in [-0.15, -0.1) is 0 Å². The van der Waals surface area contributed by atoms with Crippen LogP contribution in [-0.4, -0.2) is 26.2 Å². The molecule has 1 aromatic carbocycles. The predicted octanol–water partition coefficient (Wildman–Crippen LogP) is 3.28. The van der Waals surface area contributed by atoms with Gasteiger partial charge in [-0.2, -0.15) is 0 Å². The molecule has 1 aromatic rings. The predicted molar refractivity (Wildman–Crippen MR) is 76.4 cm³/mol. The zero-order chi connectivity index (χ0) is 14.4. The van der Waals surface area contributed by atoms with Gasteiger partial charge in [-0.3, -0.25) is 4.79 Å². The number of methoxy groups -OCH3 is 2. The molecule has 0 fully saturated rings. The Morgan fingerprint density at radius 1 is 1.26 bits per heavy atom. The summed E-state index contributed by atoms with van der Waals surface area (Å²) in [4.78, 5) is 12.1. The number of benzene rings is 1. The van der Waals surface area contributed by atoms with E-state index in [-0.39, 0.29) is 11.9 Å². The second-order valence-electron chi connectivity index (χ2n) is 4.18. The average molecular weight is 286 g/mol. The molecular formula is C14H20ClNO3. The molecule has 0 atom stereocenters. The van der Waals surface area contributed by atoms with Gasteiger partial charge < -0.3 is 14.8 Å². The molecule has 19 heavy (non-hydrogen) atoms. The van der Waals surface area contributed by atoms with Crippen LogP contribution in [0.25, 0.3) is 0 Å². The van der Waals surface area contributed by atoms with Crippen molar-refractivity contribution in [2.75, 3.05) is 14.2 Å². The van der Waals surface area contributed by atoms with Crippen LogP contribution in [0.3, 0.4) is 0 Å². The summed E-state index contributed by atoms with van der Waals surface area (Å²) in [6.45, 7) is 4.08. The van der Waals surface area contributed by atoms with E-state index in [1.165, 1.54) is 14.2 Å². The minimum Gasteiger partial charge on any atom is -0.493 e. The number of nitrogens with one attached hydrogen (secondary N) is 1. The SMILES string of the molecule is CCC(CC)NC(=O)c1cc(Cl)c(OC)c(OC)c1. The van der Waals surface area contributed by atoms with E-state index in [4.69, 9.17) is 21.1 Å². The molecule has 0 heterocycles. The maximum absolute atomic E-state index is 12.1. The van der Waals surface area contributed by atoms with Gasteiger partial charge in [0.2, 0.25) is 0 Å². The van der Waals surface area contributed by atoms with Gasteiger partial charge >= 0.3 is 0 Å². The van der Waals surface area contributed by atoms with Gasteiger partial charge in [0, 0.05) is 11.6 Å². The number of hydrogen-bond donors (Lipinski definition) is 1. The van der Waals surface area contributed by atoms with Crippen molar-refractivity contribution < 1.29 is 14.3 Å². The van der Waals surface area contributed by atoms with Gasteiger partial charge in [0.05, 0.1) is 19.2 Å². The Balaban J connectivity index is 3.01. The minimum atomic E-state index is -0.156. The number of carbonyl (C=O) groups is 1. The molecule has 0 bridgehead atoms. The molecule has 1 rings (SSSR count). The van der Waals surface area contributed by atoms with Crippen molar-refractivity contribution in [1.82, 2.24) is 5.32 Å². The van der Waals surface area contributed by atoms with E-state index in [0.717, 1.165) is 12.8 Å². The summed E-state index contributed by atoms with van der Waals surface area (Å²) in [7, 11) is 3.02. The monoisotopic (exact) mass is 285 g/mol. The summed E-state index contributed by atoms with van der Waals surface area (Å²) in [5.41, 5.74) is 0.467. The van der Waals surface area contributed by atoms with Crippen molar-refractivity contribution in [2.24, 2.45) is 0 Å². The Labute approximate surface area is 119 Å². The molecule has 0 spiro atoms. The van der Waals surface area contributed by atoms with Crippen LogP contribution in [0, 0.1) is 0 Å². The third-order valence-corrected chi connectivity index (χ3v) is 3.30. The van der Waals surface area contributed by atoms with Crippen LogP contribution < -0.4 is 14.8 Å². The van der Waals surface area contributed by atoms with E-state index in [0.29, 0.717) is 22.1 Å². The highest BCUT2D eigenvalue weighted by Crippen LogP contribution is 2.35. The Morgan fingerprint density at radius 3 is 2.37 bits per heavy atom. The van der Waals surface area contributed by atoms with Crippen LogP contribution >= 0.6 is 11.6 Å². The second-order valence-corrected chi connectivity index (χ2v) is 4.59. The van der Waals surface area contributed by atoms with Crippen molar-refractivity contribution in [3.63, 3.8) is 0 Å².